The van der Waals surface area contributed by atoms with Crippen molar-refractivity contribution in [2.45, 2.75) is 4.90 Å². The summed E-state index contributed by atoms with van der Waals surface area (Å²) in [5, 5.41) is 0.00448. The molecule has 0 radical (unpaired) electrons. The molecule has 1 N–H and O–H groups in total. The van der Waals surface area contributed by atoms with Gasteiger partial charge in [0.2, 0.25) is 10.0 Å². The first-order chi connectivity index (χ1) is 12.9. The first-order valence-corrected chi connectivity index (χ1v) is 10.6. The number of rotatable bonds is 6. The quantitative estimate of drug-likeness (QED) is 0.721. The van der Waals surface area contributed by atoms with Gasteiger partial charge in [0.05, 0.1) is 9.80 Å². The van der Waals surface area contributed by atoms with Crippen molar-refractivity contribution in [2.24, 2.45) is 0 Å². The lowest BCUT2D eigenvalue weighted by molar-refractivity contribution is -0.122. The monoisotopic (exact) mass is 422 g/mol. The second kappa shape index (κ2) is 8.26. The van der Waals surface area contributed by atoms with E-state index in [9.17, 15) is 18.0 Å². The van der Waals surface area contributed by atoms with Gasteiger partial charge in [-0.25, -0.2) is 13.1 Å². The van der Waals surface area contributed by atoms with Gasteiger partial charge in [0, 0.05) is 18.1 Å². The molecule has 1 aliphatic heterocycles. The molecule has 0 atom stereocenters. The van der Waals surface area contributed by atoms with E-state index >= 15 is 0 Å². The summed E-state index contributed by atoms with van der Waals surface area (Å²) in [5.41, 5.74) is 0.812. The Hall–Kier alpha value is -2.13. The minimum absolute atomic E-state index is 0.0520. The third-order valence-electron chi connectivity index (χ3n) is 3.72. The summed E-state index contributed by atoms with van der Waals surface area (Å²) in [6.07, 6.45) is 1.64. The van der Waals surface area contributed by atoms with Gasteiger partial charge < -0.3 is 0 Å². The van der Waals surface area contributed by atoms with Crippen LogP contribution < -0.4 is 4.72 Å². The normalized spacial score (nSPS) is 16.3. The van der Waals surface area contributed by atoms with Crippen LogP contribution in [-0.4, -0.2) is 37.6 Å². The standard InChI is InChI=1S/C18H15ClN2O4S2/c19-14-6-8-15(9-7-14)27(24,25)20-10-11-21-17(22)16(26-18(21)23)12-13-4-2-1-3-5-13/h1-9,12,20H,10-11H2/b16-12-. The molecule has 1 heterocycles. The highest BCUT2D eigenvalue weighted by molar-refractivity contribution is 8.18. The molecular weight excluding hydrogens is 408 g/mol. The van der Waals surface area contributed by atoms with E-state index in [0.717, 1.165) is 22.2 Å². The smallest absolute Gasteiger partial charge is 0.268 e. The molecule has 2 aromatic carbocycles. The highest BCUT2D eigenvalue weighted by Crippen LogP contribution is 2.31. The zero-order chi connectivity index (χ0) is 19.4. The van der Waals surface area contributed by atoms with Gasteiger partial charge in [-0.3, -0.25) is 14.5 Å². The Bertz CT molecular complexity index is 990. The number of carbonyl (C=O) groups excluding carboxylic acids is 2. The van der Waals surface area contributed by atoms with Gasteiger partial charge in [0.1, 0.15) is 0 Å². The fourth-order valence-electron chi connectivity index (χ4n) is 2.38. The third kappa shape index (κ3) is 4.78. The van der Waals surface area contributed by atoms with E-state index in [-0.39, 0.29) is 18.0 Å². The Balaban J connectivity index is 1.63. The van der Waals surface area contributed by atoms with Crippen molar-refractivity contribution >= 4 is 50.6 Å². The van der Waals surface area contributed by atoms with E-state index in [1.807, 2.05) is 30.3 Å². The van der Waals surface area contributed by atoms with Gasteiger partial charge in [-0.05, 0) is 47.7 Å². The van der Waals surface area contributed by atoms with Crippen LogP contribution in [0.4, 0.5) is 4.79 Å². The van der Waals surface area contributed by atoms with E-state index in [1.165, 1.54) is 24.3 Å². The number of hydrogen-bond acceptors (Lipinski definition) is 5. The Labute approximate surface area is 166 Å². The molecule has 140 valence electrons. The van der Waals surface area contributed by atoms with Crippen molar-refractivity contribution in [3.05, 3.63) is 70.1 Å². The molecule has 1 saturated heterocycles. The van der Waals surface area contributed by atoms with Gasteiger partial charge in [0.25, 0.3) is 11.1 Å². The van der Waals surface area contributed by atoms with Crippen LogP contribution in [0.25, 0.3) is 6.08 Å². The topological polar surface area (TPSA) is 83.6 Å². The first kappa shape index (κ1) is 19.6. The number of carbonyl (C=O) groups is 2. The van der Waals surface area contributed by atoms with Crippen molar-refractivity contribution in [1.29, 1.82) is 0 Å². The summed E-state index contributed by atoms with van der Waals surface area (Å²) in [6.45, 7) is -0.134. The lowest BCUT2D eigenvalue weighted by Crippen LogP contribution is -2.37. The molecule has 0 bridgehead atoms. The van der Waals surface area contributed by atoms with Crippen molar-refractivity contribution < 1.29 is 18.0 Å². The second-order valence-electron chi connectivity index (χ2n) is 5.60. The zero-order valence-corrected chi connectivity index (χ0v) is 16.4. The van der Waals surface area contributed by atoms with Crippen LogP contribution in [0.15, 0.2) is 64.4 Å². The summed E-state index contributed by atoms with van der Waals surface area (Å²) in [6, 6.07) is 14.9. The van der Waals surface area contributed by atoms with Crippen molar-refractivity contribution in [2.75, 3.05) is 13.1 Å². The average molecular weight is 423 g/mol. The number of thioether (sulfide) groups is 1. The minimum atomic E-state index is -3.75. The summed E-state index contributed by atoms with van der Waals surface area (Å²) in [4.78, 5) is 25.9. The number of amides is 2. The van der Waals surface area contributed by atoms with Gasteiger partial charge in [-0.1, -0.05) is 41.9 Å². The van der Waals surface area contributed by atoms with Crippen LogP contribution in [0.3, 0.4) is 0 Å². The fourth-order valence-corrected chi connectivity index (χ4v) is 4.39. The average Bonchev–Trinajstić information content (AvgIpc) is 2.90. The number of sulfonamides is 1. The van der Waals surface area contributed by atoms with E-state index in [0.29, 0.717) is 9.93 Å². The summed E-state index contributed by atoms with van der Waals surface area (Å²) in [7, 11) is -3.75. The summed E-state index contributed by atoms with van der Waals surface area (Å²) < 4.78 is 26.8. The summed E-state index contributed by atoms with van der Waals surface area (Å²) >= 11 is 6.59. The third-order valence-corrected chi connectivity index (χ3v) is 6.36. The maximum atomic E-state index is 12.4. The number of benzene rings is 2. The molecule has 6 nitrogen and oxygen atoms in total. The molecule has 27 heavy (non-hydrogen) atoms. The number of halogens is 1. The summed E-state index contributed by atoms with van der Waals surface area (Å²) in [5.74, 6) is -0.431. The SMILES string of the molecule is O=C1S/C(=C\c2ccccc2)C(=O)N1CCNS(=O)(=O)c1ccc(Cl)cc1. The van der Waals surface area contributed by atoms with Gasteiger partial charge in [-0.2, -0.15) is 0 Å². The van der Waals surface area contributed by atoms with Gasteiger partial charge in [0.15, 0.2) is 0 Å². The maximum Gasteiger partial charge on any atom is 0.293 e. The molecule has 3 rings (SSSR count). The Morgan fingerprint density at radius 3 is 2.37 bits per heavy atom. The highest BCUT2D eigenvalue weighted by atomic mass is 35.5. The molecule has 1 aliphatic rings. The first-order valence-electron chi connectivity index (χ1n) is 7.92. The lowest BCUT2D eigenvalue weighted by Gasteiger charge is -2.13. The van der Waals surface area contributed by atoms with Crippen LogP contribution in [-0.2, 0) is 14.8 Å². The van der Waals surface area contributed by atoms with Gasteiger partial charge in [-0.15, -0.1) is 0 Å². The molecule has 0 spiro atoms. The zero-order valence-electron chi connectivity index (χ0n) is 14.0. The number of nitrogens with zero attached hydrogens (tertiary/aromatic N) is 1. The van der Waals surface area contributed by atoms with Gasteiger partial charge >= 0.3 is 0 Å². The van der Waals surface area contributed by atoms with E-state index in [2.05, 4.69) is 4.72 Å². The number of imide groups is 1. The fraction of sp³-hybridized carbons (Fsp3) is 0.111. The predicted octanol–water partition coefficient (Wildman–Crippen LogP) is 3.35. The van der Waals surface area contributed by atoms with E-state index in [4.69, 9.17) is 11.6 Å². The predicted molar refractivity (Wildman–Crippen MR) is 106 cm³/mol. The van der Waals surface area contributed by atoms with Crippen molar-refractivity contribution in [1.82, 2.24) is 9.62 Å². The van der Waals surface area contributed by atoms with Crippen LogP contribution in [0.1, 0.15) is 5.56 Å². The Morgan fingerprint density at radius 1 is 1.04 bits per heavy atom. The van der Waals surface area contributed by atoms with Crippen molar-refractivity contribution in [3.8, 4) is 0 Å². The molecule has 0 unspecified atom stereocenters. The second-order valence-corrected chi connectivity index (χ2v) is 8.79. The molecular formula is C18H15ClN2O4S2. The minimum Gasteiger partial charge on any atom is -0.268 e. The van der Waals surface area contributed by atoms with Crippen LogP contribution >= 0.6 is 23.4 Å². The number of nitrogens with one attached hydrogen (secondary N) is 1. The molecule has 2 aromatic rings. The van der Waals surface area contributed by atoms with E-state index < -0.39 is 21.2 Å². The van der Waals surface area contributed by atoms with Crippen LogP contribution in [0.2, 0.25) is 5.02 Å². The lowest BCUT2D eigenvalue weighted by atomic mass is 10.2. The highest BCUT2D eigenvalue weighted by Gasteiger charge is 2.34. The maximum absolute atomic E-state index is 12.4. The molecule has 0 aliphatic carbocycles. The van der Waals surface area contributed by atoms with Crippen LogP contribution in [0, 0.1) is 0 Å². The Morgan fingerprint density at radius 2 is 1.70 bits per heavy atom. The largest absolute Gasteiger partial charge is 0.293 e. The van der Waals surface area contributed by atoms with E-state index in [1.54, 1.807) is 6.08 Å². The van der Waals surface area contributed by atoms with Crippen LogP contribution in [0.5, 0.6) is 0 Å². The molecule has 2 amide bonds. The Kier molecular flexibility index (Phi) is 6.01. The molecule has 1 fully saturated rings. The molecule has 9 heteroatoms. The van der Waals surface area contributed by atoms with Crippen molar-refractivity contribution in [3.63, 3.8) is 0 Å². The number of hydrogen-bond donors (Lipinski definition) is 1. The molecule has 0 saturated carbocycles. The molecule has 0 aromatic heterocycles.